The zero-order valence-electron chi connectivity index (χ0n) is 21.2. The van der Waals surface area contributed by atoms with Crippen molar-refractivity contribution < 1.29 is 18.0 Å². The molecule has 1 N–H and O–H groups in total. The maximum Gasteiger partial charge on any atom is 0.242 e. The van der Waals surface area contributed by atoms with Gasteiger partial charge in [0.05, 0.1) is 11.9 Å². The summed E-state index contributed by atoms with van der Waals surface area (Å²) in [4.78, 5) is 27.5. The van der Waals surface area contributed by atoms with Crippen molar-refractivity contribution in [3.05, 3.63) is 64.2 Å². The number of sulfonamides is 1. The molecular weight excluding hydrogens is 486 g/mol. The molecule has 1 atom stereocenters. The Morgan fingerprint density at radius 1 is 1.11 bits per heavy atom. The van der Waals surface area contributed by atoms with E-state index >= 15 is 0 Å². The lowest BCUT2D eigenvalue weighted by atomic mass is 10.1. The van der Waals surface area contributed by atoms with Crippen molar-refractivity contribution in [2.24, 2.45) is 0 Å². The molecule has 0 saturated heterocycles. The molecule has 7 nitrogen and oxygen atoms in total. The van der Waals surface area contributed by atoms with E-state index in [2.05, 4.69) is 5.32 Å². The van der Waals surface area contributed by atoms with Gasteiger partial charge in [0.1, 0.15) is 6.04 Å². The molecule has 192 valence electrons. The average molecular weight is 522 g/mol. The first-order valence-corrected chi connectivity index (χ1v) is 14.0. The molecule has 0 fully saturated rings. The highest BCUT2D eigenvalue weighted by Crippen LogP contribution is 2.28. The predicted molar refractivity (Wildman–Crippen MR) is 142 cm³/mol. The van der Waals surface area contributed by atoms with Crippen LogP contribution >= 0.6 is 11.6 Å². The van der Waals surface area contributed by atoms with Crippen LogP contribution in [0.2, 0.25) is 5.02 Å². The molecule has 2 amide bonds. The normalized spacial score (nSPS) is 12.2. The third kappa shape index (κ3) is 8.25. The molecule has 2 aromatic rings. The maximum absolute atomic E-state index is 13.3. The predicted octanol–water partition coefficient (Wildman–Crippen LogP) is 4.45. The van der Waals surface area contributed by atoms with Crippen molar-refractivity contribution in [1.82, 2.24) is 10.2 Å². The van der Waals surface area contributed by atoms with E-state index in [9.17, 15) is 18.0 Å². The third-order valence-electron chi connectivity index (χ3n) is 5.81. The quantitative estimate of drug-likeness (QED) is 0.447. The highest BCUT2D eigenvalue weighted by atomic mass is 35.5. The van der Waals surface area contributed by atoms with Crippen molar-refractivity contribution in [2.45, 2.75) is 59.5 Å². The second kappa shape index (κ2) is 12.9. The fourth-order valence-corrected chi connectivity index (χ4v) is 5.02. The second-order valence-corrected chi connectivity index (χ2v) is 11.1. The lowest BCUT2D eigenvalue weighted by Gasteiger charge is -2.29. The summed E-state index contributed by atoms with van der Waals surface area (Å²) in [6.45, 7) is 8.39. The van der Waals surface area contributed by atoms with Crippen LogP contribution in [0.25, 0.3) is 0 Å². The van der Waals surface area contributed by atoms with Gasteiger partial charge in [0.25, 0.3) is 0 Å². The highest BCUT2D eigenvalue weighted by Gasteiger charge is 2.27. The van der Waals surface area contributed by atoms with E-state index in [-0.39, 0.29) is 24.8 Å². The largest absolute Gasteiger partial charge is 0.354 e. The Bertz CT molecular complexity index is 1140. The van der Waals surface area contributed by atoms with Crippen molar-refractivity contribution in [3.8, 4) is 0 Å². The number of carbonyl (C=O) groups excluding carboxylic acids is 2. The summed E-state index contributed by atoms with van der Waals surface area (Å²) in [6.07, 6.45) is 2.34. The number of hydrogen-bond donors (Lipinski definition) is 1. The summed E-state index contributed by atoms with van der Waals surface area (Å²) < 4.78 is 26.3. The van der Waals surface area contributed by atoms with Gasteiger partial charge >= 0.3 is 0 Å². The van der Waals surface area contributed by atoms with Gasteiger partial charge in [-0.1, -0.05) is 54.4 Å². The number of rotatable bonds is 12. The molecule has 0 aromatic heterocycles. The van der Waals surface area contributed by atoms with Gasteiger partial charge in [-0.2, -0.15) is 0 Å². The van der Waals surface area contributed by atoms with E-state index in [1.165, 1.54) is 4.31 Å². The van der Waals surface area contributed by atoms with Gasteiger partial charge in [-0.15, -0.1) is 0 Å². The maximum atomic E-state index is 13.3. The van der Waals surface area contributed by atoms with Gasteiger partial charge in [-0.3, -0.25) is 13.9 Å². The van der Waals surface area contributed by atoms with Gasteiger partial charge in [0.2, 0.25) is 21.8 Å². The first-order valence-electron chi connectivity index (χ1n) is 11.8. The van der Waals surface area contributed by atoms with Crippen LogP contribution in [0.3, 0.4) is 0 Å². The second-order valence-electron chi connectivity index (χ2n) is 8.80. The van der Waals surface area contributed by atoms with Gasteiger partial charge in [-0.05, 0) is 56.9 Å². The van der Waals surface area contributed by atoms with Crippen LogP contribution in [-0.2, 0) is 26.2 Å². The van der Waals surface area contributed by atoms with Crippen LogP contribution in [-0.4, -0.2) is 50.5 Å². The minimum atomic E-state index is -3.58. The minimum Gasteiger partial charge on any atom is -0.354 e. The number of aryl methyl sites for hydroxylation is 1. The Hall–Kier alpha value is -2.58. The first kappa shape index (κ1) is 28.7. The molecule has 35 heavy (non-hydrogen) atoms. The summed E-state index contributed by atoms with van der Waals surface area (Å²) in [5.74, 6) is -0.415. The lowest BCUT2D eigenvalue weighted by Crippen LogP contribution is -2.47. The molecule has 0 spiro atoms. The number of anilines is 1. The Morgan fingerprint density at radius 2 is 1.80 bits per heavy atom. The fourth-order valence-electron chi connectivity index (χ4n) is 3.83. The molecular formula is C26H36ClN3O4S. The number of halogens is 1. The van der Waals surface area contributed by atoms with Crippen LogP contribution in [0.5, 0.6) is 0 Å². The van der Waals surface area contributed by atoms with Crippen LogP contribution in [0.4, 0.5) is 5.69 Å². The van der Waals surface area contributed by atoms with E-state index in [1.54, 1.807) is 36.9 Å². The van der Waals surface area contributed by atoms with Crippen LogP contribution in [0.1, 0.15) is 49.8 Å². The summed E-state index contributed by atoms with van der Waals surface area (Å²) in [6, 6.07) is 12.3. The standard InChI is InChI=1S/C26H36ClN3O4S/c1-6-15-28-26(32)21(4)29(18-22-11-7-10-19(2)17-22)25(31)14-9-16-30(35(5,33)34)24-13-8-12-23(27)20(24)3/h7-8,10-13,17,21H,6,9,14-16,18H2,1-5H3,(H,28,32)/t21-/m1/s1. The van der Waals surface area contributed by atoms with Crippen molar-refractivity contribution >= 4 is 39.1 Å². The molecule has 9 heteroatoms. The van der Waals surface area contributed by atoms with Gasteiger partial charge in [0, 0.05) is 31.1 Å². The third-order valence-corrected chi connectivity index (χ3v) is 7.40. The number of nitrogens with one attached hydrogen (secondary N) is 1. The lowest BCUT2D eigenvalue weighted by molar-refractivity contribution is -0.140. The van der Waals surface area contributed by atoms with E-state index in [0.29, 0.717) is 35.8 Å². The summed E-state index contributed by atoms with van der Waals surface area (Å²) in [5, 5.41) is 3.33. The van der Waals surface area contributed by atoms with Crippen LogP contribution in [0, 0.1) is 13.8 Å². The molecule has 2 aromatic carbocycles. The Labute approximate surface area is 214 Å². The van der Waals surface area contributed by atoms with Gasteiger partial charge in [-0.25, -0.2) is 8.42 Å². The van der Waals surface area contributed by atoms with E-state index < -0.39 is 16.1 Å². The molecule has 0 bridgehead atoms. The molecule has 0 heterocycles. The molecule has 0 radical (unpaired) electrons. The Balaban J connectivity index is 2.19. The van der Waals surface area contributed by atoms with E-state index in [4.69, 9.17) is 11.6 Å². The molecule has 0 saturated carbocycles. The van der Waals surface area contributed by atoms with Crippen molar-refractivity contribution in [2.75, 3.05) is 23.7 Å². The van der Waals surface area contributed by atoms with Crippen molar-refractivity contribution in [1.29, 1.82) is 0 Å². The van der Waals surface area contributed by atoms with Crippen LogP contribution < -0.4 is 9.62 Å². The summed E-state index contributed by atoms with van der Waals surface area (Å²) >= 11 is 6.20. The summed E-state index contributed by atoms with van der Waals surface area (Å²) in [5.41, 5.74) is 3.16. The van der Waals surface area contributed by atoms with Gasteiger partial charge < -0.3 is 10.2 Å². The molecule has 0 aliphatic heterocycles. The molecule has 0 unspecified atom stereocenters. The van der Waals surface area contributed by atoms with E-state index in [0.717, 1.165) is 23.8 Å². The zero-order valence-corrected chi connectivity index (χ0v) is 22.7. The molecule has 2 rings (SSSR count). The number of carbonyl (C=O) groups is 2. The number of hydrogen-bond acceptors (Lipinski definition) is 4. The average Bonchev–Trinajstić information content (AvgIpc) is 2.79. The van der Waals surface area contributed by atoms with E-state index in [1.807, 2.05) is 38.1 Å². The minimum absolute atomic E-state index is 0.100. The van der Waals surface area contributed by atoms with Crippen LogP contribution in [0.15, 0.2) is 42.5 Å². The SMILES string of the molecule is CCCNC(=O)[C@@H](C)N(Cc1cccc(C)c1)C(=O)CCCN(c1cccc(Cl)c1C)S(C)(=O)=O. The molecule has 0 aliphatic rings. The molecule has 0 aliphatic carbocycles. The number of amides is 2. The highest BCUT2D eigenvalue weighted by molar-refractivity contribution is 7.92. The van der Waals surface area contributed by atoms with Crippen molar-refractivity contribution in [3.63, 3.8) is 0 Å². The topological polar surface area (TPSA) is 86.8 Å². The number of benzene rings is 2. The smallest absolute Gasteiger partial charge is 0.242 e. The number of nitrogens with zero attached hydrogens (tertiary/aromatic N) is 2. The Morgan fingerprint density at radius 3 is 2.43 bits per heavy atom. The Kier molecular flexibility index (Phi) is 10.6. The summed E-state index contributed by atoms with van der Waals surface area (Å²) in [7, 11) is -3.58. The zero-order chi connectivity index (χ0) is 26.2. The van der Waals surface area contributed by atoms with Gasteiger partial charge in [0.15, 0.2) is 0 Å². The fraction of sp³-hybridized carbons (Fsp3) is 0.462. The first-order chi connectivity index (χ1) is 16.5. The monoisotopic (exact) mass is 521 g/mol.